The second-order valence-corrected chi connectivity index (χ2v) is 4.35. The molecule has 4 heteroatoms. The van der Waals surface area contributed by atoms with Gasteiger partial charge in [0.1, 0.15) is 0 Å². The first-order chi connectivity index (χ1) is 8.00. The maximum atomic E-state index is 11.2. The van der Waals surface area contributed by atoms with E-state index < -0.39 is 5.97 Å². The quantitative estimate of drug-likeness (QED) is 0.886. The fourth-order valence-corrected chi connectivity index (χ4v) is 2.09. The third kappa shape index (κ3) is 2.06. The lowest BCUT2D eigenvalue weighted by molar-refractivity contribution is 0.0697. The van der Waals surface area contributed by atoms with Crippen LogP contribution in [0.15, 0.2) is 30.3 Å². The molecule has 0 saturated carbocycles. The molecule has 0 aliphatic rings. The van der Waals surface area contributed by atoms with Gasteiger partial charge in [0, 0.05) is 16.4 Å². The first-order valence-corrected chi connectivity index (χ1v) is 5.56. The third-order valence-electron chi connectivity index (χ3n) is 2.70. The molecule has 0 aliphatic heterocycles. The minimum absolute atomic E-state index is 0.247. The van der Waals surface area contributed by atoms with Crippen molar-refractivity contribution in [3.63, 3.8) is 0 Å². The van der Waals surface area contributed by atoms with Gasteiger partial charge in [0.2, 0.25) is 0 Å². The number of hydrogen-bond donors (Lipinski definition) is 1. The van der Waals surface area contributed by atoms with Crippen molar-refractivity contribution in [3.05, 3.63) is 52.3 Å². The van der Waals surface area contributed by atoms with Crippen molar-refractivity contribution in [2.75, 3.05) is 0 Å². The van der Waals surface area contributed by atoms with Gasteiger partial charge in [-0.1, -0.05) is 11.6 Å². The summed E-state index contributed by atoms with van der Waals surface area (Å²) in [6.07, 6.45) is 0. The van der Waals surface area contributed by atoms with Crippen LogP contribution in [0.3, 0.4) is 0 Å². The maximum absolute atomic E-state index is 11.2. The lowest BCUT2D eigenvalue weighted by atomic mass is 10.1. The number of aromatic carboxylic acids is 1. The number of aryl methyl sites for hydroxylation is 2. The van der Waals surface area contributed by atoms with E-state index in [1.165, 1.54) is 6.07 Å². The number of hydrogen-bond acceptors (Lipinski definition) is 1. The molecule has 0 fully saturated rings. The number of nitrogens with zero attached hydrogens (tertiary/aromatic N) is 1. The summed E-state index contributed by atoms with van der Waals surface area (Å²) in [6.45, 7) is 3.86. The summed E-state index contributed by atoms with van der Waals surface area (Å²) < 4.78 is 1.88. The van der Waals surface area contributed by atoms with Crippen LogP contribution in [0.1, 0.15) is 21.7 Å². The molecule has 1 heterocycles. The molecular weight excluding hydrogens is 238 g/mol. The van der Waals surface area contributed by atoms with E-state index in [9.17, 15) is 9.90 Å². The van der Waals surface area contributed by atoms with Crippen LogP contribution in [0.5, 0.6) is 0 Å². The van der Waals surface area contributed by atoms with E-state index in [2.05, 4.69) is 0 Å². The Labute approximate surface area is 104 Å². The molecule has 0 unspecified atom stereocenters. The van der Waals surface area contributed by atoms with Crippen LogP contribution in [0.2, 0.25) is 5.02 Å². The average Bonchev–Trinajstić information content (AvgIpc) is 2.58. The Balaban J connectivity index is 2.74. The molecule has 0 saturated heterocycles. The Hall–Kier alpha value is -1.74. The fraction of sp³-hybridized carbons (Fsp3) is 0.154. The average molecular weight is 250 g/mol. The van der Waals surface area contributed by atoms with Crippen molar-refractivity contribution in [2.24, 2.45) is 0 Å². The zero-order valence-electron chi connectivity index (χ0n) is 9.57. The number of carbonyl (C=O) groups is 1. The smallest absolute Gasteiger partial charge is 0.337 e. The first kappa shape index (κ1) is 11.7. The first-order valence-electron chi connectivity index (χ1n) is 5.19. The molecule has 1 N–H and O–H groups in total. The molecule has 1 aromatic carbocycles. The Bertz CT molecular complexity index is 568. The summed E-state index contributed by atoms with van der Waals surface area (Å²) in [6, 6.07) is 8.68. The number of benzene rings is 1. The lowest BCUT2D eigenvalue weighted by Crippen LogP contribution is -2.07. The van der Waals surface area contributed by atoms with Gasteiger partial charge in [0.05, 0.1) is 11.3 Å². The van der Waals surface area contributed by atoms with Crippen molar-refractivity contribution in [3.8, 4) is 5.69 Å². The van der Waals surface area contributed by atoms with Gasteiger partial charge < -0.3 is 9.67 Å². The Morgan fingerprint density at radius 2 is 1.76 bits per heavy atom. The largest absolute Gasteiger partial charge is 0.478 e. The fourth-order valence-electron chi connectivity index (χ4n) is 1.92. The van der Waals surface area contributed by atoms with Gasteiger partial charge in [-0.3, -0.25) is 0 Å². The van der Waals surface area contributed by atoms with Crippen LogP contribution >= 0.6 is 11.6 Å². The molecule has 0 bridgehead atoms. The van der Waals surface area contributed by atoms with Crippen LogP contribution in [0.25, 0.3) is 5.69 Å². The van der Waals surface area contributed by atoms with E-state index in [1.54, 1.807) is 12.1 Å². The molecule has 2 aromatic rings. The van der Waals surface area contributed by atoms with E-state index >= 15 is 0 Å². The van der Waals surface area contributed by atoms with Gasteiger partial charge in [-0.15, -0.1) is 0 Å². The van der Waals surface area contributed by atoms with Crippen LogP contribution in [-0.2, 0) is 0 Å². The van der Waals surface area contributed by atoms with Crippen LogP contribution in [0, 0.1) is 13.8 Å². The summed E-state index contributed by atoms with van der Waals surface area (Å²) in [5.41, 5.74) is 2.81. The summed E-state index contributed by atoms with van der Waals surface area (Å²) >= 11 is 5.94. The summed E-state index contributed by atoms with van der Waals surface area (Å²) in [5, 5.41) is 9.71. The molecule has 1 aromatic heterocycles. The standard InChI is InChI=1S/C13H12ClNO2/c1-8-3-4-9(2)15(8)12-7-10(14)5-6-11(12)13(16)17/h3-7H,1-2H3,(H,16,17). The highest BCUT2D eigenvalue weighted by Crippen LogP contribution is 2.23. The molecule has 0 atom stereocenters. The molecule has 17 heavy (non-hydrogen) atoms. The number of halogens is 1. The number of carboxylic acids is 1. The number of rotatable bonds is 2. The van der Waals surface area contributed by atoms with E-state index in [1.807, 2.05) is 30.5 Å². The van der Waals surface area contributed by atoms with Crippen molar-refractivity contribution in [1.29, 1.82) is 0 Å². The molecule has 0 amide bonds. The van der Waals surface area contributed by atoms with E-state index in [0.717, 1.165) is 11.4 Å². The third-order valence-corrected chi connectivity index (χ3v) is 2.94. The zero-order chi connectivity index (χ0) is 12.6. The molecule has 88 valence electrons. The Morgan fingerprint density at radius 1 is 1.18 bits per heavy atom. The minimum atomic E-state index is -0.954. The number of aromatic nitrogens is 1. The van der Waals surface area contributed by atoms with Gasteiger partial charge in [0.25, 0.3) is 0 Å². The predicted octanol–water partition coefficient (Wildman–Crippen LogP) is 3.45. The summed E-state index contributed by atoms with van der Waals surface area (Å²) in [5.74, 6) is -0.954. The Kier molecular flexibility index (Phi) is 2.94. The van der Waals surface area contributed by atoms with Crippen LogP contribution in [-0.4, -0.2) is 15.6 Å². The molecule has 0 aliphatic carbocycles. The highest BCUT2D eigenvalue weighted by Gasteiger charge is 2.14. The SMILES string of the molecule is Cc1ccc(C)n1-c1cc(Cl)ccc1C(=O)O. The van der Waals surface area contributed by atoms with Gasteiger partial charge in [-0.2, -0.15) is 0 Å². The molecule has 0 radical (unpaired) electrons. The second kappa shape index (κ2) is 4.26. The molecule has 3 nitrogen and oxygen atoms in total. The monoisotopic (exact) mass is 249 g/mol. The van der Waals surface area contributed by atoms with Crippen molar-refractivity contribution < 1.29 is 9.90 Å². The molecular formula is C13H12ClNO2. The van der Waals surface area contributed by atoms with E-state index in [-0.39, 0.29) is 5.56 Å². The van der Waals surface area contributed by atoms with Crippen molar-refractivity contribution in [1.82, 2.24) is 4.57 Å². The highest BCUT2D eigenvalue weighted by molar-refractivity contribution is 6.30. The van der Waals surface area contributed by atoms with Crippen LogP contribution < -0.4 is 0 Å². The van der Waals surface area contributed by atoms with Crippen LogP contribution in [0.4, 0.5) is 0 Å². The normalized spacial score (nSPS) is 10.5. The van der Waals surface area contributed by atoms with E-state index in [0.29, 0.717) is 10.7 Å². The maximum Gasteiger partial charge on any atom is 0.337 e. The number of carboxylic acid groups (broad SMARTS) is 1. The predicted molar refractivity (Wildman–Crippen MR) is 67.2 cm³/mol. The van der Waals surface area contributed by atoms with Gasteiger partial charge >= 0.3 is 5.97 Å². The van der Waals surface area contributed by atoms with Gasteiger partial charge in [0.15, 0.2) is 0 Å². The summed E-state index contributed by atoms with van der Waals surface area (Å²) in [7, 11) is 0. The second-order valence-electron chi connectivity index (χ2n) is 3.92. The molecule has 0 spiro atoms. The van der Waals surface area contributed by atoms with Crippen molar-refractivity contribution in [2.45, 2.75) is 13.8 Å². The molecule has 2 rings (SSSR count). The minimum Gasteiger partial charge on any atom is -0.478 e. The highest BCUT2D eigenvalue weighted by atomic mass is 35.5. The van der Waals surface area contributed by atoms with Gasteiger partial charge in [-0.05, 0) is 44.2 Å². The van der Waals surface area contributed by atoms with Crippen molar-refractivity contribution >= 4 is 17.6 Å². The lowest BCUT2D eigenvalue weighted by Gasteiger charge is -2.12. The Morgan fingerprint density at radius 3 is 2.29 bits per heavy atom. The van der Waals surface area contributed by atoms with Gasteiger partial charge in [-0.25, -0.2) is 4.79 Å². The zero-order valence-corrected chi connectivity index (χ0v) is 10.3. The topological polar surface area (TPSA) is 42.2 Å². The van der Waals surface area contributed by atoms with E-state index in [4.69, 9.17) is 11.6 Å². The summed E-state index contributed by atoms with van der Waals surface area (Å²) in [4.78, 5) is 11.2.